The standard InChI is InChI=1S/C14H18F5N.ClH/c1-6-7(2)9(4)11(10(5)8(6)3)12(20)13(15,16)14(17,18)19;/h12H,20H2,1-5H3;1H/t12-;/m1./s1. The Balaban J connectivity index is 0.00000400. The summed E-state index contributed by atoms with van der Waals surface area (Å²) in [6.07, 6.45) is -5.67. The second kappa shape index (κ2) is 6.08. The molecule has 0 aromatic heterocycles. The van der Waals surface area contributed by atoms with Crippen molar-refractivity contribution in [3.8, 4) is 0 Å². The summed E-state index contributed by atoms with van der Waals surface area (Å²) in [5.74, 6) is -4.96. The number of benzene rings is 1. The Morgan fingerprint density at radius 1 is 0.714 bits per heavy atom. The first-order valence-corrected chi connectivity index (χ1v) is 6.11. The van der Waals surface area contributed by atoms with Gasteiger partial charge in [-0.25, -0.2) is 0 Å². The summed E-state index contributed by atoms with van der Waals surface area (Å²) in [4.78, 5) is 0. The Morgan fingerprint density at radius 2 is 1.00 bits per heavy atom. The third-order valence-corrected chi connectivity index (χ3v) is 4.14. The van der Waals surface area contributed by atoms with Crippen molar-refractivity contribution in [1.82, 2.24) is 0 Å². The van der Waals surface area contributed by atoms with Crippen molar-refractivity contribution in [3.63, 3.8) is 0 Å². The highest BCUT2D eigenvalue weighted by atomic mass is 35.5. The van der Waals surface area contributed by atoms with Crippen LogP contribution in [0.4, 0.5) is 22.0 Å². The van der Waals surface area contributed by atoms with Crippen LogP contribution in [0.3, 0.4) is 0 Å². The maximum atomic E-state index is 13.5. The number of hydrogen-bond acceptors (Lipinski definition) is 1. The minimum Gasteiger partial charge on any atom is -0.319 e. The lowest BCUT2D eigenvalue weighted by Gasteiger charge is -2.30. The maximum Gasteiger partial charge on any atom is 0.455 e. The van der Waals surface area contributed by atoms with Crippen molar-refractivity contribution < 1.29 is 22.0 Å². The molecule has 0 amide bonds. The molecule has 1 atom stereocenters. The van der Waals surface area contributed by atoms with Gasteiger partial charge >= 0.3 is 12.1 Å². The molecule has 0 spiro atoms. The van der Waals surface area contributed by atoms with E-state index in [1.807, 2.05) is 6.92 Å². The fourth-order valence-corrected chi connectivity index (χ4v) is 2.35. The minimum atomic E-state index is -5.67. The third kappa shape index (κ3) is 3.16. The van der Waals surface area contributed by atoms with Gasteiger partial charge in [-0.3, -0.25) is 0 Å². The molecule has 0 aliphatic heterocycles. The molecule has 2 N–H and O–H groups in total. The predicted octanol–water partition coefficient (Wildman–Crippen LogP) is 4.85. The van der Waals surface area contributed by atoms with E-state index in [4.69, 9.17) is 5.73 Å². The van der Waals surface area contributed by atoms with Gasteiger partial charge in [0.05, 0.1) is 0 Å². The summed E-state index contributed by atoms with van der Waals surface area (Å²) < 4.78 is 64.4. The first-order valence-electron chi connectivity index (χ1n) is 6.11. The molecule has 0 saturated carbocycles. The molecule has 1 aromatic rings. The van der Waals surface area contributed by atoms with E-state index in [0.717, 1.165) is 5.56 Å². The van der Waals surface area contributed by atoms with E-state index in [1.54, 1.807) is 13.8 Å². The fourth-order valence-electron chi connectivity index (χ4n) is 2.35. The predicted molar refractivity (Wildman–Crippen MR) is 75.3 cm³/mol. The summed E-state index contributed by atoms with van der Waals surface area (Å²) in [5.41, 5.74) is 8.21. The van der Waals surface area contributed by atoms with Gasteiger partial charge in [0.25, 0.3) is 0 Å². The van der Waals surface area contributed by atoms with E-state index < -0.39 is 18.1 Å². The Bertz CT molecular complexity index is 508. The summed E-state index contributed by atoms with van der Waals surface area (Å²) in [6.45, 7) is 8.24. The highest BCUT2D eigenvalue weighted by Crippen LogP contribution is 2.45. The minimum absolute atomic E-state index is 0. The van der Waals surface area contributed by atoms with Gasteiger partial charge in [0.1, 0.15) is 6.04 Å². The normalized spacial score (nSPS) is 13.9. The number of hydrogen-bond donors (Lipinski definition) is 1. The van der Waals surface area contributed by atoms with Gasteiger partial charge in [0.15, 0.2) is 0 Å². The average molecular weight is 332 g/mol. The molecule has 0 aliphatic carbocycles. The lowest BCUT2D eigenvalue weighted by Crippen LogP contribution is -2.46. The summed E-state index contributed by atoms with van der Waals surface area (Å²) >= 11 is 0. The van der Waals surface area contributed by atoms with Crippen molar-refractivity contribution >= 4 is 12.4 Å². The number of rotatable bonds is 2. The molecule has 0 fully saturated rings. The lowest BCUT2D eigenvalue weighted by atomic mass is 9.84. The summed E-state index contributed by atoms with van der Waals surface area (Å²) in [5, 5.41) is 0. The molecule has 122 valence electrons. The fraction of sp³-hybridized carbons (Fsp3) is 0.571. The van der Waals surface area contributed by atoms with Crippen LogP contribution in [-0.4, -0.2) is 12.1 Å². The van der Waals surface area contributed by atoms with E-state index >= 15 is 0 Å². The molecule has 0 aliphatic rings. The highest BCUT2D eigenvalue weighted by molar-refractivity contribution is 5.85. The third-order valence-electron chi connectivity index (χ3n) is 4.14. The van der Waals surface area contributed by atoms with Crippen molar-refractivity contribution in [3.05, 3.63) is 33.4 Å². The Labute approximate surface area is 127 Å². The largest absolute Gasteiger partial charge is 0.455 e. The summed E-state index contributed by atoms with van der Waals surface area (Å²) in [7, 11) is 0. The van der Waals surface area contributed by atoms with Crippen LogP contribution in [0.5, 0.6) is 0 Å². The molecule has 0 heterocycles. The maximum absolute atomic E-state index is 13.5. The molecular weight excluding hydrogens is 313 g/mol. The van der Waals surface area contributed by atoms with Gasteiger partial charge in [0, 0.05) is 0 Å². The van der Waals surface area contributed by atoms with Gasteiger partial charge in [-0.2, -0.15) is 22.0 Å². The smallest absolute Gasteiger partial charge is 0.319 e. The van der Waals surface area contributed by atoms with Crippen molar-refractivity contribution in [2.24, 2.45) is 5.73 Å². The second-order valence-corrected chi connectivity index (χ2v) is 5.14. The monoisotopic (exact) mass is 331 g/mol. The molecule has 0 unspecified atom stereocenters. The van der Waals surface area contributed by atoms with Crippen LogP contribution >= 0.6 is 12.4 Å². The quantitative estimate of drug-likeness (QED) is 0.770. The van der Waals surface area contributed by atoms with Crippen LogP contribution in [-0.2, 0) is 0 Å². The zero-order valence-electron chi connectivity index (χ0n) is 12.5. The van der Waals surface area contributed by atoms with E-state index in [9.17, 15) is 22.0 Å². The van der Waals surface area contributed by atoms with E-state index in [-0.39, 0.29) is 18.0 Å². The van der Waals surface area contributed by atoms with Crippen molar-refractivity contribution in [1.29, 1.82) is 0 Å². The Morgan fingerprint density at radius 3 is 1.29 bits per heavy atom. The van der Waals surface area contributed by atoms with Crippen LogP contribution in [0.25, 0.3) is 0 Å². The van der Waals surface area contributed by atoms with E-state index in [1.165, 1.54) is 13.8 Å². The molecule has 1 aromatic carbocycles. The molecule has 0 bridgehead atoms. The molecule has 21 heavy (non-hydrogen) atoms. The number of nitrogens with two attached hydrogens (primary N) is 1. The molecule has 1 rings (SSSR count). The second-order valence-electron chi connectivity index (χ2n) is 5.14. The van der Waals surface area contributed by atoms with Crippen LogP contribution in [0.15, 0.2) is 0 Å². The first-order chi connectivity index (χ1) is 8.84. The van der Waals surface area contributed by atoms with E-state index in [0.29, 0.717) is 22.3 Å². The van der Waals surface area contributed by atoms with E-state index in [2.05, 4.69) is 0 Å². The molecule has 7 heteroatoms. The van der Waals surface area contributed by atoms with Gasteiger partial charge < -0.3 is 5.73 Å². The van der Waals surface area contributed by atoms with Crippen molar-refractivity contribution in [2.45, 2.75) is 52.8 Å². The van der Waals surface area contributed by atoms with Crippen LogP contribution in [0, 0.1) is 34.6 Å². The average Bonchev–Trinajstić information content (AvgIpc) is 2.32. The molecule has 1 nitrogen and oxygen atoms in total. The highest BCUT2D eigenvalue weighted by Gasteiger charge is 2.62. The topological polar surface area (TPSA) is 26.0 Å². The lowest BCUT2D eigenvalue weighted by molar-refractivity contribution is -0.291. The Kier molecular flexibility index (Phi) is 5.83. The zero-order valence-corrected chi connectivity index (χ0v) is 13.3. The SMILES string of the molecule is Cc1c(C)c(C)c([C@@H](N)C(F)(F)C(F)(F)F)c(C)c1C.Cl. The number of alkyl halides is 5. The number of halogens is 6. The molecule has 0 radical (unpaired) electrons. The molecular formula is C14H19ClF5N. The first kappa shape index (κ1) is 20.1. The van der Waals surface area contributed by atoms with Crippen LogP contribution in [0.1, 0.15) is 39.4 Å². The van der Waals surface area contributed by atoms with Crippen molar-refractivity contribution in [2.75, 3.05) is 0 Å². The van der Waals surface area contributed by atoms with Crippen LogP contribution in [0.2, 0.25) is 0 Å². The Hall–Kier alpha value is -0.880. The van der Waals surface area contributed by atoms with Gasteiger partial charge in [-0.1, -0.05) is 0 Å². The molecule has 0 saturated heterocycles. The van der Waals surface area contributed by atoms with Gasteiger partial charge in [0.2, 0.25) is 0 Å². The van der Waals surface area contributed by atoms with Gasteiger partial charge in [-0.15, -0.1) is 12.4 Å². The van der Waals surface area contributed by atoms with Crippen LogP contribution < -0.4 is 5.73 Å². The van der Waals surface area contributed by atoms with Gasteiger partial charge in [-0.05, 0) is 68.0 Å². The zero-order chi connectivity index (χ0) is 16.0. The summed E-state index contributed by atoms with van der Waals surface area (Å²) in [6, 6.07) is -2.40.